The van der Waals surface area contributed by atoms with Crippen molar-refractivity contribution in [3.63, 3.8) is 0 Å². The molecule has 4 nitrogen and oxygen atoms in total. The molecule has 1 saturated carbocycles. The molecule has 1 aromatic heterocycles. The summed E-state index contributed by atoms with van der Waals surface area (Å²) >= 11 is 0. The highest BCUT2D eigenvalue weighted by atomic mass is 15.2. The van der Waals surface area contributed by atoms with Crippen LogP contribution < -0.4 is 5.73 Å². The summed E-state index contributed by atoms with van der Waals surface area (Å²) in [5.74, 6) is 0. The van der Waals surface area contributed by atoms with Crippen molar-refractivity contribution in [2.24, 2.45) is 12.8 Å². The molecule has 0 aromatic carbocycles. The molecule has 0 bridgehead atoms. The van der Waals surface area contributed by atoms with Crippen LogP contribution in [0.2, 0.25) is 0 Å². The van der Waals surface area contributed by atoms with Crippen LogP contribution in [0.3, 0.4) is 0 Å². The molecule has 15 heavy (non-hydrogen) atoms. The van der Waals surface area contributed by atoms with Crippen LogP contribution in [-0.2, 0) is 13.6 Å². The highest BCUT2D eigenvalue weighted by Crippen LogP contribution is 2.22. The molecule has 1 aliphatic carbocycles. The van der Waals surface area contributed by atoms with E-state index in [0.717, 1.165) is 6.54 Å². The number of likely N-dealkylation sites (N-methyl/N-ethyl adjacent to an activating group) is 1. The molecule has 1 aromatic rings. The summed E-state index contributed by atoms with van der Waals surface area (Å²) in [6, 6.07) is 0.900. The molecule has 1 aliphatic rings. The van der Waals surface area contributed by atoms with Crippen molar-refractivity contribution in [3.05, 3.63) is 18.0 Å². The maximum atomic E-state index is 6.08. The summed E-state index contributed by atoms with van der Waals surface area (Å²) in [7, 11) is 4.10. The van der Waals surface area contributed by atoms with Gasteiger partial charge in [0.05, 0.1) is 6.20 Å². The molecule has 2 unspecified atom stereocenters. The zero-order chi connectivity index (χ0) is 10.8. The first-order valence-corrected chi connectivity index (χ1v) is 5.60. The Morgan fingerprint density at radius 3 is 2.93 bits per heavy atom. The van der Waals surface area contributed by atoms with Gasteiger partial charge in [0.25, 0.3) is 0 Å². The van der Waals surface area contributed by atoms with E-state index >= 15 is 0 Å². The predicted molar refractivity (Wildman–Crippen MR) is 60.3 cm³/mol. The average Bonchev–Trinajstić information content (AvgIpc) is 2.75. The zero-order valence-corrected chi connectivity index (χ0v) is 9.56. The Balaban J connectivity index is 1.94. The molecule has 84 valence electrons. The SMILES string of the molecule is CN(Cc1cnn(C)c1)C1CCCC1N. The van der Waals surface area contributed by atoms with Gasteiger partial charge in [-0.05, 0) is 19.9 Å². The van der Waals surface area contributed by atoms with E-state index in [1.54, 1.807) is 0 Å². The molecule has 2 atom stereocenters. The lowest BCUT2D eigenvalue weighted by atomic mass is 10.1. The van der Waals surface area contributed by atoms with Gasteiger partial charge in [-0.15, -0.1) is 0 Å². The summed E-state index contributed by atoms with van der Waals surface area (Å²) in [5.41, 5.74) is 7.34. The number of hydrogen-bond acceptors (Lipinski definition) is 3. The van der Waals surface area contributed by atoms with Crippen LogP contribution in [0.5, 0.6) is 0 Å². The maximum Gasteiger partial charge on any atom is 0.0534 e. The molecule has 1 heterocycles. The van der Waals surface area contributed by atoms with Gasteiger partial charge in [-0.25, -0.2) is 0 Å². The monoisotopic (exact) mass is 208 g/mol. The molecule has 0 saturated heterocycles. The van der Waals surface area contributed by atoms with Crippen molar-refractivity contribution in [2.45, 2.75) is 37.9 Å². The van der Waals surface area contributed by atoms with Gasteiger partial charge in [0, 0.05) is 37.4 Å². The van der Waals surface area contributed by atoms with E-state index in [0.29, 0.717) is 12.1 Å². The number of hydrogen-bond donors (Lipinski definition) is 1. The van der Waals surface area contributed by atoms with E-state index in [4.69, 9.17) is 5.73 Å². The molecule has 0 spiro atoms. The van der Waals surface area contributed by atoms with Crippen molar-refractivity contribution in [2.75, 3.05) is 7.05 Å². The van der Waals surface area contributed by atoms with E-state index in [1.165, 1.54) is 24.8 Å². The van der Waals surface area contributed by atoms with Crippen LogP contribution in [-0.4, -0.2) is 33.8 Å². The Labute approximate surface area is 91.1 Å². The molecule has 4 heteroatoms. The Kier molecular flexibility index (Phi) is 3.07. The summed E-state index contributed by atoms with van der Waals surface area (Å²) in [5, 5.41) is 4.17. The summed E-state index contributed by atoms with van der Waals surface area (Å²) < 4.78 is 1.84. The van der Waals surface area contributed by atoms with Gasteiger partial charge >= 0.3 is 0 Å². The highest BCUT2D eigenvalue weighted by molar-refractivity contribution is 5.04. The first-order chi connectivity index (χ1) is 7.16. The topological polar surface area (TPSA) is 47.1 Å². The van der Waals surface area contributed by atoms with E-state index in [2.05, 4.69) is 23.2 Å². The lowest BCUT2D eigenvalue weighted by molar-refractivity contribution is 0.220. The fourth-order valence-electron chi connectivity index (χ4n) is 2.48. The fraction of sp³-hybridized carbons (Fsp3) is 0.727. The Morgan fingerprint density at radius 1 is 1.60 bits per heavy atom. The number of aryl methyl sites for hydroxylation is 1. The second kappa shape index (κ2) is 4.33. The third-order valence-electron chi connectivity index (χ3n) is 3.29. The average molecular weight is 208 g/mol. The van der Waals surface area contributed by atoms with Crippen molar-refractivity contribution >= 4 is 0 Å². The van der Waals surface area contributed by atoms with Crippen LogP contribution in [0, 0.1) is 0 Å². The normalized spacial score (nSPS) is 26.4. The Morgan fingerprint density at radius 2 is 2.40 bits per heavy atom. The largest absolute Gasteiger partial charge is 0.326 e. The van der Waals surface area contributed by atoms with Crippen molar-refractivity contribution in [1.29, 1.82) is 0 Å². The second-order valence-corrected chi connectivity index (χ2v) is 4.60. The standard InChI is InChI=1S/C11H20N4/c1-14(11-5-3-4-10(11)12)7-9-6-13-15(2)8-9/h6,8,10-11H,3-5,7,12H2,1-2H3. The van der Waals surface area contributed by atoms with Crippen LogP contribution in [0.4, 0.5) is 0 Å². The smallest absolute Gasteiger partial charge is 0.0534 e. The lowest BCUT2D eigenvalue weighted by Gasteiger charge is -2.27. The van der Waals surface area contributed by atoms with Gasteiger partial charge in [0.15, 0.2) is 0 Å². The number of nitrogens with zero attached hydrogens (tertiary/aromatic N) is 3. The molecular formula is C11H20N4. The Hall–Kier alpha value is -0.870. The summed E-state index contributed by atoms with van der Waals surface area (Å²) in [4.78, 5) is 2.36. The minimum Gasteiger partial charge on any atom is -0.326 e. The predicted octanol–water partition coefficient (Wildman–Crippen LogP) is 0.732. The quantitative estimate of drug-likeness (QED) is 0.796. The van der Waals surface area contributed by atoms with Crippen molar-refractivity contribution < 1.29 is 0 Å². The summed E-state index contributed by atoms with van der Waals surface area (Å²) in [6.45, 7) is 0.951. The zero-order valence-electron chi connectivity index (χ0n) is 9.56. The molecular weight excluding hydrogens is 188 g/mol. The van der Waals surface area contributed by atoms with Gasteiger partial charge in [-0.2, -0.15) is 5.10 Å². The highest BCUT2D eigenvalue weighted by Gasteiger charge is 2.27. The summed E-state index contributed by atoms with van der Waals surface area (Å²) in [6.07, 6.45) is 7.66. The van der Waals surface area contributed by atoms with Gasteiger partial charge < -0.3 is 5.73 Å². The van der Waals surface area contributed by atoms with E-state index in [1.807, 2.05) is 17.9 Å². The van der Waals surface area contributed by atoms with Crippen molar-refractivity contribution in [3.8, 4) is 0 Å². The molecule has 0 radical (unpaired) electrons. The van der Waals surface area contributed by atoms with Crippen LogP contribution in [0.25, 0.3) is 0 Å². The molecule has 2 N–H and O–H groups in total. The number of rotatable bonds is 3. The Bertz CT molecular complexity index is 320. The van der Waals surface area contributed by atoms with Gasteiger partial charge in [-0.3, -0.25) is 9.58 Å². The second-order valence-electron chi connectivity index (χ2n) is 4.60. The number of nitrogens with two attached hydrogens (primary N) is 1. The molecule has 0 amide bonds. The number of aromatic nitrogens is 2. The van der Waals surface area contributed by atoms with E-state index in [-0.39, 0.29) is 0 Å². The van der Waals surface area contributed by atoms with E-state index < -0.39 is 0 Å². The fourth-order valence-corrected chi connectivity index (χ4v) is 2.48. The lowest BCUT2D eigenvalue weighted by Crippen LogP contribution is -2.41. The minimum absolute atomic E-state index is 0.353. The maximum absolute atomic E-state index is 6.08. The molecule has 0 aliphatic heterocycles. The van der Waals surface area contributed by atoms with Crippen LogP contribution in [0.15, 0.2) is 12.4 Å². The third kappa shape index (κ3) is 2.38. The van der Waals surface area contributed by atoms with Crippen molar-refractivity contribution in [1.82, 2.24) is 14.7 Å². The molecule has 2 rings (SSSR count). The first kappa shape index (κ1) is 10.6. The molecule has 1 fully saturated rings. The van der Waals surface area contributed by atoms with Gasteiger partial charge in [0.1, 0.15) is 0 Å². The van der Waals surface area contributed by atoms with Crippen LogP contribution >= 0.6 is 0 Å². The van der Waals surface area contributed by atoms with Gasteiger partial charge in [0.2, 0.25) is 0 Å². The first-order valence-electron chi connectivity index (χ1n) is 5.60. The third-order valence-corrected chi connectivity index (χ3v) is 3.29. The van der Waals surface area contributed by atoms with Crippen LogP contribution in [0.1, 0.15) is 24.8 Å². The minimum atomic E-state index is 0.353. The van der Waals surface area contributed by atoms with E-state index in [9.17, 15) is 0 Å². The van der Waals surface area contributed by atoms with Gasteiger partial charge in [-0.1, -0.05) is 6.42 Å².